The smallest absolute Gasteiger partial charge is 0.213 e. The Morgan fingerprint density at radius 3 is 2.93 bits per heavy atom. The van der Waals surface area contributed by atoms with Crippen molar-refractivity contribution < 1.29 is 4.39 Å². The minimum atomic E-state index is -0.489. The van der Waals surface area contributed by atoms with Crippen LogP contribution in [0.1, 0.15) is 0 Å². The van der Waals surface area contributed by atoms with Crippen LogP contribution in [0.4, 0.5) is 4.39 Å². The lowest BCUT2D eigenvalue weighted by atomic mass is 10.5. The zero-order valence-electron chi connectivity index (χ0n) is 7.38. The Kier molecular flexibility index (Phi) is 2.45. The quantitative estimate of drug-likeness (QED) is 0.704. The first-order valence-corrected chi connectivity index (χ1v) is 4.72. The van der Waals surface area contributed by atoms with E-state index in [0.717, 1.165) is 0 Å². The van der Waals surface area contributed by atoms with Crippen molar-refractivity contribution in [2.75, 3.05) is 0 Å². The highest BCUT2D eigenvalue weighted by atomic mass is 32.2. The van der Waals surface area contributed by atoms with E-state index in [1.165, 1.54) is 17.8 Å². The summed E-state index contributed by atoms with van der Waals surface area (Å²) in [4.78, 5) is 3.70. The molecule has 2 aromatic heterocycles. The maximum Gasteiger partial charge on any atom is 0.213 e. The summed E-state index contributed by atoms with van der Waals surface area (Å²) in [5.41, 5.74) is 0. The second kappa shape index (κ2) is 3.75. The average Bonchev–Trinajstić information content (AvgIpc) is 2.52. The Bertz CT molecular complexity index is 442. The molecule has 0 aliphatic carbocycles. The van der Waals surface area contributed by atoms with E-state index in [1.807, 2.05) is 7.05 Å². The fourth-order valence-corrected chi connectivity index (χ4v) is 1.65. The van der Waals surface area contributed by atoms with Crippen LogP contribution in [-0.2, 0) is 7.05 Å². The summed E-state index contributed by atoms with van der Waals surface area (Å²) in [7, 11) is 1.82. The van der Waals surface area contributed by atoms with E-state index in [2.05, 4.69) is 15.2 Å². The summed E-state index contributed by atoms with van der Waals surface area (Å²) in [5, 5.41) is 8.82. The normalized spacial score (nSPS) is 10.4. The van der Waals surface area contributed by atoms with Crippen molar-refractivity contribution in [2.45, 2.75) is 10.2 Å². The van der Waals surface area contributed by atoms with E-state index in [9.17, 15) is 4.39 Å². The number of halogens is 1. The summed E-state index contributed by atoms with van der Waals surface area (Å²) in [6.45, 7) is 0. The van der Waals surface area contributed by atoms with E-state index < -0.39 is 5.95 Å². The molecule has 0 saturated heterocycles. The van der Waals surface area contributed by atoms with Crippen LogP contribution < -0.4 is 0 Å². The van der Waals surface area contributed by atoms with Crippen molar-refractivity contribution in [3.63, 3.8) is 0 Å². The van der Waals surface area contributed by atoms with Gasteiger partial charge in [0.2, 0.25) is 5.95 Å². The topological polar surface area (TPSA) is 43.6 Å². The van der Waals surface area contributed by atoms with Gasteiger partial charge in [-0.25, -0.2) is 4.98 Å². The molecule has 0 saturated carbocycles. The fraction of sp³-hybridized carbons (Fsp3) is 0.125. The largest absolute Gasteiger partial charge is 0.311 e. The van der Waals surface area contributed by atoms with Gasteiger partial charge in [-0.3, -0.25) is 0 Å². The number of pyridine rings is 1. The molecule has 2 aromatic rings. The Morgan fingerprint density at radius 1 is 1.43 bits per heavy atom. The van der Waals surface area contributed by atoms with Crippen molar-refractivity contribution in [2.24, 2.45) is 7.05 Å². The van der Waals surface area contributed by atoms with Gasteiger partial charge in [-0.05, 0) is 23.9 Å². The molecule has 2 rings (SSSR count). The Labute approximate surface area is 84.2 Å². The van der Waals surface area contributed by atoms with Crippen LogP contribution >= 0.6 is 11.8 Å². The first kappa shape index (κ1) is 9.14. The summed E-state index contributed by atoms with van der Waals surface area (Å²) in [6, 6.07) is 4.64. The Balaban J connectivity index is 2.23. The van der Waals surface area contributed by atoms with Crippen LogP contribution in [0.2, 0.25) is 0 Å². The molecular weight excluding hydrogens is 203 g/mol. The summed E-state index contributed by atoms with van der Waals surface area (Å²) >= 11 is 1.27. The first-order chi connectivity index (χ1) is 6.75. The molecule has 0 unspecified atom stereocenters. The minimum absolute atomic E-state index is 0.489. The molecular formula is C8H7FN4S. The SMILES string of the molecule is Cn1cnnc1Sc1cccc(F)n1. The molecule has 0 atom stereocenters. The zero-order valence-corrected chi connectivity index (χ0v) is 8.20. The van der Waals surface area contributed by atoms with Crippen LogP contribution in [0.25, 0.3) is 0 Å². The van der Waals surface area contributed by atoms with Crippen molar-refractivity contribution >= 4 is 11.8 Å². The lowest BCUT2D eigenvalue weighted by Crippen LogP contribution is -1.90. The molecule has 0 fully saturated rings. The van der Waals surface area contributed by atoms with Gasteiger partial charge in [-0.1, -0.05) is 6.07 Å². The van der Waals surface area contributed by atoms with Gasteiger partial charge < -0.3 is 4.57 Å². The maximum absolute atomic E-state index is 12.7. The van der Waals surface area contributed by atoms with Crippen LogP contribution in [0, 0.1) is 5.95 Å². The highest BCUT2D eigenvalue weighted by Crippen LogP contribution is 2.22. The predicted octanol–water partition coefficient (Wildman–Crippen LogP) is 1.50. The average molecular weight is 210 g/mol. The van der Waals surface area contributed by atoms with Crippen molar-refractivity contribution in [1.82, 2.24) is 19.7 Å². The van der Waals surface area contributed by atoms with E-state index in [4.69, 9.17) is 0 Å². The van der Waals surface area contributed by atoms with Crippen LogP contribution in [0.5, 0.6) is 0 Å². The fourth-order valence-electron chi connectivity index (χ4n) is 0.905. The third-order valence-corrected chi connectivity index (χ3v) is 2.54. The first-order valence-electron chi connectivity index (χ1n) is 3.90. The van der Waals surface area contributed by atoms with Crippen LogP contribution in [0.3, 0.4) is 0 Å². The number of rotatable bonds is 2. The number of nitrogens with zero attached hydrogens (tertiary/aromatic N) is 4. The van der Waals surface area contributed by atoms with Gasteiger partial charge in [0.05, 0.1) is 0 Å². The van der Waals surface area contributed by atoms with Gasteiger partial charge in [-0.15, -0.1) is 10.2 Å². The highest BCUT2D eigenvalue weighted by Gasteiger charge is 2.04. The highest BCUT2D eigenvalue weighted by molar-refractivity contribution is 7.99. The Morgan fingerprint density at radius 2 is 2.29 bits per heavy atom. The molecule has 14 heavy (non-hydrogen) atoms. The summed E-state index contributed by atoms with van der Waals surface area (Å²) in [6.07, 6.45) is 1.58. The van der Waals surface area contributed by atoms with Crippen molar-refractivity contribution in [1.29, 1.82) is 0 Å². The molecule has 72 valence electrons. The minimum Gasteiger partial charge on any atom is -0.311 e. The van der Waals surface area contributed by atoms with Gasteiger partial charge in [0.1, 0.15) is 11.4 Å². The zero-order chi connectivity index (χ0) is 9.97. The number of aryl methyl sites for hydroxylation is 1. The third-order valence-electron chi connectivity index (χ3n) is 1.56. The number of hydrogen-bond acceptors (Lipinski definition) is 4. The molecule has 4 nitrogen and oxygen atoms in total. The van der Waals surface area contributed by atoms with Crippen LogP contribution in [0.15, 0.2) is 34.7 Å². The molecule has 0 bridgehead atoms. The standard InChI is InChI=1S/C8H7FN4S/c1-13-5-10-12-8(13)14-7-4-2-3-6(9)11-7/h2-5H,1H3. The summed E-state index contributed by atoms with van der Waals surface area (Å²) < 4.78 is 14.5. The number of aromatic nitrogens is 4. The van der Waals surface area contributed by atoms with Gasteiger partial charge in [0, 0.05) is 7.05 Å². The molecule has 6 heteroatoms. The van der Waals surface area contributed by atoms with Gasteiger partial charge >= 0.3 is 0 Å². The molecule has 0 radical (unpaired) electrons. The molecule has 2 heterocycles. The second-order valence-electron chi connectivity index (χ2n) is 2.63. The van der Waals surface area contributed by atoms with E-state index >= 15 is 0 Å². The van der Waals surface area contributed by atoms with E-state index in [1.54, 1.807) is 23.0 Å². The molecule has 0 amide bonds. The van der Waals surface area contributed by atoms with E-state index in [0.29, 0.717) is 10.2 Å². The van der Waals surface area contributed by atoms with Crippen molar-refractivity contribution in [3.8, 4) is 0 Å². The third kappa shape index (κ3) is 1.90. The monoisotopic (exact) mass is 210 g/mol. The molecule has 0 spiro atoms. The number of hydrogen-bond donors (Lipinski definition) is 0. The summed E-state index contributed by atoms with van der Waals surface area (Å²) in [5.74, 6) is -0.489. The van der Waals surface area contributed by atoms with Gasteiger partial charge in [0.15, 0.2) is 5.16 Å². The van der Waals surface area contributed by atoms with Crippen molar-refractivity contribution in [3.05, 3.63) is 30.5 Å². The lowest BCUT2D eigenvalue weighted by molar-refractivity contribution is 0.572. The van der Waals surface area contributed by atoms with Gasteiger partial charge in [0.25, 0.3) is 0 Å². The van der Waals surface area contributed by atoms with Crippen LogP contribution in [-0.4, -0.2) is 19.7 Å². The molecule has 0 aliphatic heterocycles. The predicted molar refractivity (Wildman–Crippen MR) is 49.3 cm³/mol. The molecule has 0 aromatic carbocycles. The lowest BCUT2D eigenvalue weighted by Gasteiger charge is -1.98. The Hall–Kier alpha value is -1.43. The molecule has 0 N–H and O–H groups in total. The maximum atomic E-state index is 12.7. The molecule has 0 aliphatic rings. The van der Waals surface area contributed by atoms with Gasteiger partial charge in [-0.2, -0.15) is 4.39 Å². The second-order valence-corrected chi connectivity index (χ2v) is 3.61. The van der Waals surface area contributed by atoms with E-state index in [-0.39, 0.29) is 0 Å².